The van der Waals surface area contributed by atoms with Gasteiger partial charge in [0.1, 0.15) is 5.75 Å². The number of hydrogen-bond donors (Lipinski definition) is 0. The molecule has 1 aromatic heterocycles. The van der Waals surface area contributed by atoms with E-state index in [2.05, 4.69) is 53.9 Å². The minimum Gasteiger partial charge on any atom is -0.497 e. The van der Waals surface area contributed by atoms with Gasteiger partial charge in [0.25, 0.3) is 0 Å². The van der Waals surface area contributed by atoms with Gasteiger partial charge >= 0.3 is 0 Å². The van der Waals surface area contributed by atoms with Crippen molar-refractivity contribution in [1.29, 1.82) is 0 Å². The summed E-state index contributed by atoms with van der Waals surface area (Å²) in [6.07, 6.45) is 0. The van der Waals surface area contributed by atoms with Gasteiger partial charge in [-0.05, 0) is 51.5 Å². The highest BCUT2D eigenvalue weighted by Gasteiger charge is 2.10. The van der Waals surface area contributed by atoms with Crippen LogP contribution in [0.1, 0.15) is 0 Å². The van der Waals surface area contributed by atoms with Gasteiger partial charge in [0.05, 0.1) is 7.11 Å². The van der Waals surface area contributed by atoms with Crippen molar-refractivity contribution in [3.05, 3.63) is 66.0 Å². The average Bonchev–Trinajstić information content (AvgIpc) is 3.00. The van der Waals surface area contributed by atoms with E-state index in [1.165, 1.54) is 32.0 Å². The van der Waals surface area contributed by atoms with E-state index in [1.54, 1.807) is 18.4 Å². The zero-order valence-corrected chi connectivity index (χ0v) is 12.5. The molecular formula is C19H14OS. The summed E-state index contributed by atoms with van der Waals surface area (Å²) in [5, 5.41) is 6.08. The first-order valence-corrected chi connectivity index (χ1v) is 7.78. The maximum atomic E-state index is 5.27. The second-order valence-electron chi connectivity index (χ2n) is 5.03. The summed E-state index contributed by atoms with van der Waals surface area (Å²) in [6.45, 7) is 0. The Kier molecular flexibility index (Phi) is 2.90. The van der Waals surface area contributed by atoms with Gasteiger partial charge in [-0.1, -0.05) is 36.4 Å². The Morgan fingerprint density at radius 3 is 2.48 bits per heavy atom. The minimum atomic E-state index is 0.889. The van der Waals surface area contributed by atoms with Crippen LogP contribution in [-0.4, -0.2) is 7.11 Å². The minimum absolute atomic E-state index is 0.889. The molecule has 0 radical (unpaired) electrons. The Morgan fingerprint density at radius 2 is 1.67 bits per heavy atom. The first-order chi connectivity index (χ1) is 10.4. The summed E-state index contributed by atoms with van der Waals surface area (Å²) in [5.74, 6) is 0.889. The first-order valence-electron chi connectivity index (χ1n) is 6.90. The molecule has 2 heteroatoms. The third-order valence-electron chi connectivity index (χ3n) is 3.86. The molecule has 0 N–H and O–H groups in total. The van der Waals surface area contributed by atoms with Crippen LogP contribution in [0.25, 0.3) is 32.0 Å². The summed E-state index contributed by atoms with van der Waals surface area (Å²) in [5.41, 5.74) is 2.54. The molecule has 0 spiro atoms. The topological polar surface area (TPSA) is 9.23 Å². The van der Waals surface area contributed by atoms with Crippen molar-refractivity contribution in [3.63, 3.8) is 0 Å². The summed E-state index contributed by atoms with van der Waals surface area (Å²) in [6, 6.07) is 21.4. The van der Waals surface area contributed by atoms with Crippen molar-refractivity contribution in [2.45, 2.75) is 0 Å². The van der Waals surface area contributed by atoms with Gasteiger partial charge in [0.15, 0.2) is 0 Å². The van der Waals surface area contributed by atoms with Gasteiger partial charge < -0.3 is 4.74 Å². The van der Waals surface area contributed by atoms with E-state index in [9.17, 15) is 0 Å². The van der Waals surface area contributed by atoms with E-state index in [0.717, 1.165) is 5.75 Å². The van der Waals surface area contributed by atoms with Crippen molar-refractivity contribution in [2.75, 3.05) is 7.11 Å². The van der Waals surface area contributed by atoms with Gasteiger partial charge in [-0.15, -0.1) is 11.3 Å². The molecule has 0 unspecified atom stereocenters. The quantitative estimate of drug-likeness (QED) is 0.458. The second kappa shape index (κ2) is 4.90. The monoisotopic (exact) mass is 290 g/mol. The molecule has 0 aliphatic carbocycles. The van der Waals surface area contributed by atoms with Crippen LogP contribution in [0.4, 0.5) is 0 Å². The van der Waals surface area contributed by atoms with Gasteiger partial charge in [-0.2, -0.15) is 0 Å². The van der Waals surface area contributed by atoms with Crippen LogP contribution in [0.2, 0.25) is 0 Å². The zero-order chi connectivity index (χ0) is 14.2. The van der Waals surface area contributed by atoms with E-state index in [-0.39, 0.29) is 0 Å². The lowest BCUT2D eigenvalue weighted by Crippen LogP contribution is -1.85. The molecule has 0 fully saturated rings. The molecular weight excluding hydrogens is 276 g/mol. The number of methoxy groups -OCH3 is 1. The molecule has 4 aromatic rings. The molecule has 0 atom stereocenters. The molecule has 0 aliphatic rings. The molecule has 1 heterocycles. The third kappa shape index (κ3) is 1.99. The van der Waals surface area contributed by atoms with E-state index >= 15 is 0 Å². The largest absolute Gasteiger partial charge is 0.497 e. The number of rotatable bonds is 2. The Bertz CT molecular complexity index is 919. The van der Waals surface area contributed by atoms with Crippen LogP contribution < -0.4 is 4.74 Å². The zero-order valence-electron chi connectivity index (χ0n) is 11.7. The van der Waals surface area contributed by atoms with Gasteiger partial charge in [-0.25, -0.2) is 0 Å². The normalized spacial score (nSPS) is 11.1. The lowest BCUT2D eigenvalue weighted by atomic mass is 9.95. The number of fused-ring (bicyclic) bond motifs is 2. The molecule has 4 rings (SSSR count). The number of thiophene rings is 1. The highest BCUT2D eigenvalue weighted by atomic mass is 32.1. The summed E-state index contributed by atoms with van der Waals surface area (Å²) in [7, 11) is 1.70. The SMILES string of the molecule is COc1ccc(-c2c3ccccc3cc3sccc23)cc1. The van der Waals surface area contributed by atoms with Crippen LogP contribution in [0.3, 0.4) is 0 Å². The fourth-order valence-electron chi connectivity index (χ4n) is 2.84. The fourth-order valence-corrected chi connectivity index (χ4v) is 3.69. The van der Waals surface area contributed by atoms with Crippen molar-refractivity contribution < 1.29 is 4.74 Å². The van der Waals surface area contributed by atoms with Crippen LogP contribution in [0.5, 0.6) is 5.75 Å². The van der Waals surface area contributed by atoms with Crippen molar-refractivity contribution in [1.82, 2.24) is 0 Å². The molecule has 1 nitrogen and oxygen atoms in total. The number of hydrogen-bond acceptors (Lipinski definition) is 2. The van der Waals surface area contributed by atoms with Crippen molar-refractivity contribution in [2.24, 2.45) is 0 Å². The molecule has 0 saturated carbocycles. The first kappa shape index (κ1) is 12.4. The van der Waals surface area contributed by atoms with E-state index in [0.29, 0.717) is 0 Å². The van der Waals surface area contributed by atoms with Crippen LogP contribution in [0.15, 0.2) is 66.0 Å². The molecule has 21 heavy (non-hydrogen) atoms. The van der Waals surface area contributed by atoms with Crippen LogP contribution in [0, 0.1) is 0 Å². The Labute approximate surface area is 127 Å². The molecule has 0 aliphatic heterocycles. The van der Waals surface area contributed by atoms with Crippen molar-refractivity contribution in [3.8, 4) is 16.9 Å². The van der Waals surface area contributed by atoms with Crippen LogP contribution in [-0.2, 0) is 0 Å². The smallest absolute Gasteiger partial charge is 0.118 e. The maximum Gasteiger partial charge on any atom is 0.118 e. The lowest BCUT2D eigenvalue weighted by molar-refractivity contribution is 0.415. The molecule has 0 amide bonds. The standard InChI is InChI=1S/C19H14OS/c1-20-15-8-6-13(7-9-15)19-16-5-3-2-4-14(16)12-18-17(19)10-11-21-18/h2-12H,1H3. The third-order valence-corrected chi connectivity index (χ3v) is 4.72. The molecule has 3 aromatic carbocycles. The highest BCUT2D eigenvalue weighted by Crippen LogP contribution is 2.38. The van der Waals surface area contributed by atoms with Gasteiger partial charge in [0.2, 0.25) is 0 Å². The summed E-state index contributed by atoms with van der Waals surface area (Å²) in [4.78, 5) is 0. The van der Waals surface area contributed by atoms with Gasteiger partial charge in [-0.3, -0.25) is 0 Å². The Morgan fingerprint density at radius 1 is 0.857 bits per heavy atom. The van der Waals surface area contributed by atoms with E-state index in [1.807, 2.05) is 12.1 Å². The molecule has 102 valence electrons. The fraction of sp³-hybridized carbons (Fsp3) is 0.0526. The average molecular weight is 290 g/mol. The maximum absolute atomic E-state index is 5.27. The number of benzene rings is 3. The molecule has 0 bridgehead atoms. The van der Waals surface area contributed by atoms with Crippen LogP contribution >= 0.6 is 11.3 Å². The second-order valence-corrected chi connectivity index (χ2v) is 5.98. The Balaban J connectivity index is 2.09. The van der Waals surface area contributed by atoms with E-state index in [4.69, 9.17) is 4.74 Å². The number of ether oxygens (including phenoxy) is 1. The summed E-state index contributed by atoms with van der Waals surface area (Å²) >= 11 is 1.79. The van der Waals surface area contributed by atoms with Gasteiger partial charge in [0, 0.05) is 10.1 Å². The lowest BCUT2D eigenvalue weighted by Gasteiger charge is -2.10. The van der Waals surface area contributed by atoms with E-state index < -0.39 is 0 Å². The molecule has 0 saturated heterocycles. The summed E-state index contributed by atoms with van der Waals surface area (Å²) < 4.78 is 6.60. The predicted molar refractivity (Wildman–Crippen MR) is 91.3 cm³/mol. The highest BCUT2D eigenvalue weighted by molar-refractivity contribution is 7.17. The van der Waals surface area contributed by atoms with Crippen molar-refractivity contribution >= 4 is 32.2 Å². The Hall–Kier alpha value is -2.32. The predicted octanol–water partition coefficient (Wildman–Crippen LogP) is 5.73.